The van der Waals surface area contributed by atoms with Crippen molar-refractivity contribution in [1.29, 1.82) is 0 Å². The van der Waals surface area contributed by atoms with Gasteiger partial charge in [-0.25, -0.2) is 0 Å². The Kier molecular flexibility index (Phi) is 3.09. The highest BCUT2D eigenvalue weighted by Crippen LogP contribution is 2.32. The molecule has 3 saturated heterocycles. The number of nitrogens with zero attached hydrogens (tertiary/aromatic N) is 2. The van der Waals surface area contributed by atoms with Crippen LogP contribution < -0.4 is 5.32 Å². The fraction of sp³-hybridized carbons (Fsp3) is 0.923. The van der Waals surface area contributed by atoms with Crippen LogP contribution in [0.1, 0.15) is 39.0 Å². The van der Waals surface area contributed by atoms with Gasteiger partial charge in [0.2, 0.25) is 5.91 Å². The highest BCUT2D eigenvalue weighted by molar-refractivity contribution is 5.81. The summed E-state index contributed by atoms with van der Waals surface area (Å²) < 4.78 is 0. The zero-order chi connectivity index (χ0) is 11.8. The third-order valence-corrected chi connectivity index (χ3v) is 4.68. The fourth-order valence-corrected chi connectivity index (χ4v) is 3.87. The number of nitrogens with one attached hydrogen (secondary N) is 1. The molecule has 1 amide bonds. The lowest BCUT2D eigenvalue weighted by Gasteiger charge is -2.38. The second-order valence-electron chi connectivity index (χ2n) is 5.56. The molecule has 0 aromatic heterocycles. The summed E-state index contributed by atoms with van der Waals surface area (Å²) in [7, 11) is 0. The van der Waals surface area contributed by atoms with Crippen LogP contribution in [-0.4, -0.2) is 53.6 Å². The van der Waals surface area contributed by atoms with Crippen LogP contribution in [0.3, 0.4) is 0 Å². The predicted molar refractivity (Wildman–Crippen MR) is 66.5 cm³/mol. The first kappa shape index (κ1) is 11.5. The summed E-state index contributed by atoms with van der Waals surface area (Å²) in [5.74, 6) is 0.314. The summed E-state index contributed by atoms with van der Waals surface area (Å²) in [6.07, 6.45) is 6.44. The van der Waals surface area contributed by atoms with Crippen LogP contribution in [0.5, 0.6) is 0 Å². The van der Waals surface area contributed by atoms with Crippen LogP contribution in [-0.2, 0) is 4.79 Å². The largest absolute Gasteiger partial charge is 0.321 e. The number of amides is 1. The van der Waals surface area contributed by atoms with Crippen LogP contribution in [0.25, 0.3) is 0 Å². The summed E-state index contributed by atoms with van der Waals surface area (Å²) in [5.41, 5.74) is 0. The van der Waals surface area contributed by atoms with Gasteiger partial charge in [0.1, 0.15) is 0 Å². The van der Waals surface area contributed by atoms with Gasteiger partial charge in [-0.2, -0.15) is 0 Å². The molecule has 0 aliphatic carbocycles. The van der Waals surface area contributed by atoms with Crippen molar-refractivity contribution in [3.8, 4) is 0 Å². The molecule has 4 nitrogen and oxygen atoms in total. The predicted octanol–water partition coefficient (Wildman–Crippen LogP) is 0.781. The maximum absolute atomic E-state index is 12.1. The van der Waals surface area contributed by atoms with Crippen molar-refractivity contribution < 1.29 is 4.79 Å². The molecule has 0 saturated carbocycles. The summed E-state index contributed by atoms with van der Waals surface area (Å²) in [4.78, 5) is 16.8. The Hall–Kier alpha value is -0.610. The number of fused-ring (bicyclic) bond motifs is 1. The highest BCUT2D eigenvalue weighted by Gasteiger charge is 2.44. The van der Waals surface area contributed by atoms with Gasteiger partial charge in [-0.15, -0.1) is 0 Å². The minimum absolute atomic E-state index is 0.286. The maximum Gasteiger partial charge on any atom is 0.238 e. The van der Waals surface area contributed by atoms with Crippen molar-refractivity contribution in [2.24, 2.45) is 0 Å². The molecule has 17 heavy (non-hydrogen) atoms. The van der Waals surface area contributed by atoms with Gasteiger partial charge in [0.25, 0.3) is 0 Å². The normalized spacial score (nSPS) is 38.8. The van der Waals surface area contributed by atoms with E-state index in [0.717, 1.165) is 6.42 Å². The van der Waals surface area contributed by atoms with Crippen LogP contribution in [0, 0.1) is 0 Å². The molecule has 3 unspecified atom stereocenters. The van der Waals surface area contributed by atoms with Gasteiger partial charge in [-0.05, 0) is 32.2 Å². The number of carbonyl (C=O) groups is 1. The van der Waals surface area contributed by atoms with Gasteiger partial charge in [0, 0.05) is 12.6 Å². The molecule has 3 heterocycles. The van der Waals surface area contributed by atoms with Gasteiger partial charge in [0.15, 0.2) is 0 Å². The van der Waals surface area contributed by atoms with Crippen LogP contribution >= 0.6 is 0 Å². The van der Waals surface area contributed by atoms with Crippen LogP contribution in [0.4, 0.5) is 0 Å². The van der Waals surface area contributed by atoms with Crippen molar-refractivity contribution >= 4 is 5.91 Å². The number of hydrogen-bond donors (Lipinski definition) is 1. The van der Waals surface area contributed by atoms with E-state index >= 15 is 0 Å². The Bertz CT molecular complexity index is 307. The second kappa shape index (κ2) is 4.58. The summed E-state index contributed by atoms with van der Waals surface area (Å²) in [5, 5.41) is 3.34. The van der Waals surface area contributed by atoms with E-state index in [2.05, 4.69) is 22.0 Å². The molecule has 96 valence electrons. The third-order valence-electron chi connectivity index (χ3n) is 4.68. The zero-order valence-corrected chi connectivity index (χ0v) is 10.7. The second-order valence-corrected chi connectivity index (χ2v) is 5.56. The SMILES string of the molecule is CCC1NCC(=O)N1C1CCN2CCCCC12. The quantitative estimate of drug-likeness (QED) is 0.771. The average Bonchev–Trinajstić information content (AvgIpc) is 2.92. The van der Waals surface area contributed by atoms with Crippen molar-refractivity contribution in [3.63, 3.8) is 0 Å². The fourth-order valence-electron chi connectivity index (χ4n) is 3.87. The Morgan fingerprint density at radius 1 is 1.24 bits per heavy atom. The van der Waals surface area contributed by atoms with Crippen molar-refractivity contribution in [2.45, 2.75) is 57.3 Å². The van der Waals surface area contributed by atoms with Crippen LogP contribution in [0.2, 0.25) is 0 Å². The molecule has 3 rings (SSSR count). The molecular formula is C13H23N3O. The first-order chi connectivity index (χ1) is 8.31. The molecule has 3 fully saturated rings. The monoisotopic (exact) mass is 237 g/mol. The highest BCUT2D eigenvalue weighted by atomic mass is 16.2. The lowest BCUT2D eigenvalue weighted by atomic mass is 9.97. The first-order valence-electron chi connectivity index (χ1n) is 7.10. The molecular weight excluding hydrogens is 214 g/mol. The minimum atomic E-state index is 0.286. The molecule has 1 N–H and O–H groups in total. The summed E-state index contributed by atoms with van der Waals surface area (Å²) in [6, 6.07) is 1.12. The van der Waals surface area contributed by atoms with E-state index in [1.165, 1.54) is 38.8 Å². The molecule has 0 radical (unpaired) electrons. The third kappa shape index (κ3) is 1.87. The van der Waals surface area contributed by atoms with Crippen LogP contribution in [0.15, 0.2) is 0 Å². The van der Waals surface area contributed by atoms with Crippen molar-refractivity contribution in [3.05, 3.63) is 0 Å². The number of carbonyl (C=O) groups excluding carboxylic acids is 1. The van der Waals surface area contributed by atoms with E-state index in [-0.39, 0.29) is 6.17 Å². The van der Waals surface area contributed by atoms with Gasteiger partial charge in [0.05, 0.1) is 18.8 Å². The lowest BCUT2D eigenvalue weighted by Crippen LogP contribution is -2.51. The van der Waals surface area contributed by atoms with E-state index in [1.807, 2.05) is 0 Å². The molecule has 3 atom stereocenters. The van der Waals surface area contributed by atoms with Crippen molar-refractivity contribution in [2.75, 3.05) is 19.6 Å². The number of hydrogen-bond acceptors (Lipinski definition) is 3. The first-order valence-corrected chi connectivity index (χ1v) is 7.10. The Balaban J connectivity index is 1.76. The molecule has 0 spiro atoms. The minimum Gasteiger partial charge on any atom is -0.321 e. The van der Waals surface area contributed by atoms with Gasteiger partial charge in [-0.1, -0.05) is 13.3 Å². The zero-order valence-electron chi connectivity index (χ0n) is 10.7. The van der Waals surface area contributed by atoms with E-state index in [4.69, 9.17) is 0 Å². The van der Waals surface area contributed by atoms with E-state index in [0.29, 0.717) is 24.5 Å². The van der Waals surface area contributed by atoms with Gasteiger partial charge in [-0.3, -0.25) is 15.0 Å². The molecule has 0 aromatic rings. The standard InChI is InChI=1S/C13H23N3O/c1-2-12-14-9-13(17)16(12)11-6-8-15-7-4-3-5-10(11)15/h10-12,14H,2-9H2,1H3. The lowest BCUT2D eigenvalue weighted by molar-refractivity contribution is -0.131. The Labute approximate surface area is 103 Å². The topological polar surface area (TPSA) is 35.6 Å². The van der Waals surface area contributed by atoms with E-state index in [9.17, 15) is 4.79 Å². The number of piperidine rings is 1. The Morgan fingerprint density at radius 3 is 2.94 bits per heavy atom. The molecule has 3 aliphatic heterocycles. The maximum atomic E-state index is 12.1. The van der Waals surface area contributed by atoms with Gasteiger partial charge < -0.3 is 4.90 Å². The summed E-state index contributed by atoms with van der Waals surface area (Å²) in [6.45, 7) is 5.14. The van der Waals surface area contributed by atoms with Gasteiger partial charge >= 0.3 is 0 Å². The smallest absolute Gasteiger partial charge is 0.238 e. The molecule has 0 aromatic carbocycles. The molecule has 3 aliphatic rings. The van der Waals surface area contributed by atoms with E-state index < -0.39 is 0 Å². The summed E-state index contributed by atoms with van der Waals surface area (Å²) >= 11 is 0. The van der Waals surface area contributed by atoms with Crippen molar-refractivity contribution in [1.82, 2.24) is 15.1 Å². The molecule has 0 bridgehead atoms. The molecule has 4 heteroatoms. The van der Waals surface area contributed by atoms with E-state index in [1.54, 1.807) is 0 Å². The Morgan fingerprint density at radius 2 is 2.12 bits per heavy atom. The number of rotatable bonds is 2. The average molecular weight is 237 g/mol.